The Labute approximate surface area is 173 Å². The molecule has 0 bridgehead atoms. The molecule has 4 nitrogen and oxygen atoms in total. The summed E-state index contributed by atoms with van der Waals surface area (Å²) in [7, 11) is 0. The van der Waals surface area contributed by atoms with E-state index >= 15 is 0 Å². The first-order valence-electron chi connectivity index (χ1n) is 10.4. The summed E-state index contributed by atoms with van der Waals surface area (Å²) in [5.41, 5.74) is 1.20. The Hall–Kier alpha value is -2.62. The molecule has 0 N–H and O–H groups in total. The molecular formula is C25H30O4. The zero-order valence-corrected chi connectivity index (χ0v) is 17.6. The first-order valence-corrected chi connectivity index (χ1v) is 10.4. The van der Waals surface area contributed by atoms with Crippen LogP contribution >= 0.6 is 0 Å². The highest BCUT2D eigenvalue weighted by Gasteiger charge is 2.44. The maximum absolute atomic E-state index is 13.1. The van der Waals surface area contributed by atoms with E-state index in [0.717, 1.165) is 43.2 Å². The molecule has 0 amide bonds. The van der Waals surface area contributed by atoms with E-state index in [2.05, 4.69) is 0 Å². The van der Waals surface area contributed by atoms with E-state index < -0.39 is 11.0 Å². The van der Waals surface area contributed by atoms with Crippen LogP contribution in [0.5, 0.6) is 0 Å². The third-order valence-corrected chi connectivity index (χ3v) is 5.38. The van der Waals surface area contributed by atoms with Gasteiger partial charge in [-0.2, -0.15) is 0 Å². The maximum atomic E-state index is 13.1. The summed E-state index contributed by atoms with van der Waals surface area (Å²) in [4.78, 5) is 25.5. The van der Waals surface area contributed by atoms with E-state index in [0.29, 0.717) is 5.56 Å². The molecule has 0 aromatic heterocycles. The van der Waals surface area contributed by atoms with Gasteiger partial charge in [0.15, 0.2) is 0 Å². The van der Waals surface area contributed by atoms with E-state index in [4.69, 9.17) is 9.47 Å². The van der Waals surface area contributed by atoms with E-state index in [1.165, 1.54) is 0 Å². The monoisotopic (exact) mass is 394 g/mol. The summed E-state index contributed by atoms with van der Waals surface area (Å²) < 4.78 is 11.2. The average Bonchev–Trinajstić information content (AvgIpc) is 2.72. The van der Waals surface area contributed by atoms with Gasteiger partial charge in [-0.15, -0.1) is 0 Å². The van der Waals surface area contributed by atoms with Crippen molar-refractivity contribution in [3.63, 3.8) is 0 Å². The van der Waals surface area contributed by atoms with E-state index in [1.54, 1.807) is 12.1 Å². The maximum Gasteiger partial charge on any atom is 0.338 e. The lowest BCUT2D eigenvalue weighted by Gasteiger charge is -2.37. The fraction of sp³-hybridized carbons (Fsp3) is 0.440. The quantitative estimate of drug-likeness (QED) is 0.621. The van der Waals surface area contributed by atoms with Crippen molar-refractivity contribution >= 4 is 11.9 Å². The van der Waals surface area contributed by atoms with Gasteiger partial charge in [0.1, 0.15) is 12.2 Å². The number of hydrogen-bond donors (Lipinski definition) is 0. The van der Waals surface area contributed by atoms with E-state index in [-0.39, 0.29) is 18.5 Å². The van der Waals surface area contributed by atoms with Crippen LogP contribution in [0.2, 0.25) is 0 Å². The molecule has 1 aliphatic rings. The highest BCUT2D eigenvalue weighted by molar-refractivity contribution is 5.90. The van der Waals surface area contributed by atoms with Crippen LogP contribution in [0, 0.1) is 0 Å². The second-order valence-electron chi connectivity index (χ2n) is 8.78. The van der Waals surface area contributed by atoms with Crippen LogP contribution in [0.25, 0.3) is 0 Å². The van der Waals surface area contributed by atoms with Gasteiger partial charge in [-0.25, -0.2) is 4.79 Å². The van der Waals surface area contributed by atoms with Crippen molar-refractivity contribution in [1.82, 2.24) is 0 Å². The predicted octanol–water partition coefficient (Wildman–Crippen LogP) is 5.59. The number of rotatable bonds is 5. The van der Waals surface area contributed by atoms with Crippen LogP contribution in [0.15, 0.2) is 54.6 Å². The number of benzene rings is 2. The summed E-state index contributed by atoms with van der Waals surface area (Å²) in [5.74, 6) is -0.528. The van der Waals surface area contributed by atoms with Crippen LogP contribution in [-0.2, 0) is 26.3 Å². The molecule has 0 unspecified atom stereocenters. The highest BCUT2D eigenvalue weighted by Crippen LogP contribution is 2.41. The Morgan fingerprint density at radius 3 is 2.10 bits per heavy atom. The van der Waals surface area contributed by atoms with Crippen molar-refractivity contribution in [2.45, 2.75) is 70.5 Å². The molecule has 29 heavy (non-hydrogen) atoms. The molecule has 0 spiro atoms. The largest absolute Gasteiger partial charge is 0.459 e. The van der Waals surface area contributed by atoms with Gasteiger partial charge in [-0.05, 0) is 56.9 Å². The second kappa shape index (κ2) is 8.81. The van der Waals surface area contributed by atoms with Gasteiger partial charge in [-0.3, -0.25) is 4.79 Å². The number of esters is 2. The van der Waals surface area contributed by atoms with Crippen LogP contribution < -0.4 is 0 Å². The van der Waals surface area contributed by atoms with Gasteiger partial charge in [-0.1, -0.05) is 61.7 Å². The minimum Gasteiger partial charge on any atom is -0.459 e. The smallest absolute Gasteiger partial charge is 0.338 e. The lowest BCUT2D eigenvalue weighted by molar-refractivity contribution is -0.163. The fourth-order valence-corrected chi connectivity index (χ4v) is 3.87. The molecule has 1 fully saturated rings. The number of ether oxygens (including phenoxy) is 2. The molecule has 3 rings (SSSR count). The van der Waals surface area contributed by atoms with Gasteiger partial charge >= 0.3 is 11.9 Å². The molecule has 0 radical (unpaired) electrons. The molecular weight excluding hydrogens is 364 g/mol. The average molecular weight is 395 g/mol. The zero-order valence-electron chi connectivity index (χ0n) is 17.6. The lowest BCUT2D eigenvalue weighted by atomic mass is 9.69. The van der Waals surface area contributed by atoms with Crippen molar-refractivity contribution in [1.29, 1.82) is 0 Å². The summed E-state index contributed by atoms with van der Waals surface area (Å²) in [5, 5.41) is 0. The number of hydrogen-bond acceptors (Lipinski definition) is 4. The topological polar surface area (TPSA) is 52.6 Å². The van der Waals surface area contributed by atoms with Gasteiger partial charge in [0, 0.05) is 0 Å². The Kier molecular flexibility index (Phi) is 6.41. The molecule has 0 aliphatic heterocycles. The van der Waals surface area contributed by atoms with Crippen LogP contribution in [-0.4, -0.2) is 17.5 Å². The minimum atomic E-state index is -0.627. The summed E-state index contributed by atoms with van der Waals surface area (Å²) >= 11 is 0. The molecule has 0 atom stereocenters. The third kappa shape index (κ3) is 5.26. The Balaban J connectivity index is 1.75. The first-order chi connectivity index (χ1) is 13.8. The van der Waals surface area contributed by atoms with E-state index in [1.807, 2.05) is 63.2 Å². The van der Waals surface area contributed by atoms with Gasteiger partial charge < -0.3 is 9.47 Å². The zero-order chi connectivity index (χ0) is 20.9. The summed E-state index contributed by atoms with van der Waals surface area (Å²) in [6, 6.07) is 16.9. The Morgan fingerprint density at radius 1 is 0.897 bits per heavy atom. The Bertz CT molecular complexity index is 825. The summed E-state index contributed by atoms with van der Waals surface area (Å²) in [6.07, 6.45) is 4.69. The normalized spacial score (nSPS) is 16.1. The molecule has 154 valence electrons. The molecule has 2 aromatic carbocycles. The minimum absolute atomic E-state index is 0.163. The lowest BCUT2D eigenvalue weighted by Crippen LogP contribution is -2.42. The molecule has 1 aliphatic carbocycles. The number of carbonyl (C=O) groups is 2. The van der Waals surface area contributed by atoms with Crippen molar-refractivity contribution in [3.8, 4) is 0 Å². The Morgan fingerprint density at radius 2 is 1.52 bits per heavy atom. The molecule has 0 saturated heterocycles. The number of carbonyl (C=O) groups excluding carboxylic acids is 2. The SMILES string of the molecule is CC(C)(C)OC(=O)C1(c2ccc(C(=O)OCc3ccccc3)cc2)CCCCC1. The third-order valence-electron chi connectivity index (χ3n) is 5.38. The molecule has 1 saturated carbocycles. The van der Waals surface area contributed by atoms with Crippen molar-refractivity contribution in [2.24, 2.45) is 0 Å². The highest BCUT2D eigenvalue weighted by atomic mass is 16.6. The van der Waals surface area contributed by atoms with Crippen molar-refractivity contribution in [3.05, 3.63) is 71.3 Å². The standard InChI is InChI=1S/C25H30O4/c1-24(2,3)29-23(27)25(16-8-5-9-17-25)21-14-12-20(13-15-21)22(26)28-18-19-10-6-4-7-11-19/h4,6-7,10-15H,5,8-9,16-18H2,1-3H3. The molecule has 4 heteroatoms. The predicted molar refractivity (Wildman–Crippen MR) is 113 cm³/mol. The van der Waals surface area contributed by atoms with Gasteiger partial charge in [0.2, 0.25) is 0 Å². The van der Waals surface area contributed by atoms with E-state index in [9.17, 15) is 9.59 Å². The van der Waals surface area contributed by atoms with Crippen LogP contribution in [0.4, 0.5) is 0 Å². The molecule has 2 aromatic rings. The second-order valence-corrected chi connectivity index (χ2v) is 8.78. The van der Waals surface area contributed by atoms with Crippen molar-refractivity contribution in [2.75, 3.05) is 0 Å². The van der Waals surface area contributed by atoms with Gasteiger partial charge in [0.05, 0.1) is 11.0 Å². The fourth-order valence-electron chi connectivity index (χ4n) is 3.87. The van der Waals surface area contributed by atoms with Crippen LogP contribution in [0.3, 0.4) is 0 Å². The first kappa shape index (κ1) is 21.1. The van der Waals surface area contributed by atoms with Gasteiger partial charge in [0.25, 0.3) is 0 Å². The summed E-state index contributed by atoms with van der Waals surface area (Å²) in [6.45, 7) is 5.93. The molecule has 0 heterocycles. The van der Waals surface area contributed by atoms with Crippen LogP contribution in [0.1, 0.15) is 74.4 Å². The van der Waals surface area contributed by atoms with Crippen molar-refractivity contribution < 1.29 is 19.1 Å².